The van der Waals surface area contributed by atoms with Gasteiger partial charge in [0.2, 0.25) is 0 Å². The molecule has 0 fully saturated rings. The lowest BCUT2D eigenvalue weighted by Crippen LogP contribution is -2.12. The summed E-state index contributed by atoms with van der Waals surface area (Å²) in [7, 11) is 0. The van der Waals surface area contributed by atoms with Crippen LogP contribution in [-0.2, 0) is 0 Å². The van der Waals surface area contributed by atoms with Crippen molar-refractivity contribution in [1.29, 1.82) is 0 Å². The SMILES string of the molecule is CCCOc1ccc(NCC(CC)CC)cc1Cl. The molecule has 0 saturated carbocycles. The molecule has 0 spiro atoms. The maximum Gasteiger partial charge on any atom is 0.138 e. The van der Waals surface area contributed by atoms with Crippen molar-refractivity contribution in [1.82, 2.24) is 0 Å². The van der Waals surface area contributed by atoms with Crippen LogP contribution in [0, 0.1) is 5.92 Å². The second-order valence-electron chi connectivity index (χ2n) is 4.56. The van der Waals surface area contributed by atoms with Crippen LogP contribution in [0.25, 0.3) is 0 Å². The summed E-state index contributed by atoms with van der Waals surface area (Å²) in [6.45, 7) is 8.24. The van der Waals surface area contributed by atoms with Gasteiger partial charge in [-0.1, -0.05) is 45.2 Å². The Hall–Kier alpha value is -0.890. The van der Waals surface area contributed by atoms with E-state index >= 15 is 0 Å². The standard InChI is InChI=1S/C15H24ClNO/c1-4-9-18-15-8-7-13(10-14(15)16)17-11-12(5-2)6-3/h7-8,10,12,17H,4-6,9,11H2,1-3H3. The number of ether oxygens (including phenoxy) is 1. The van der Waals surface area contributed by atoms with Crippen molar-refractivity contribution < 1.29 is 4.74 Å². The van der Waals surface area contributed by atoms with Gasteiger partial charge in [-0.2, -0.15) is 0 Å². The molecule has 0 amide bonds. The Kier molecular flexibility index (Phi) is 6.96. The van der Waals surface area contributed by atoms with E-state index in [0.29, 0.717) is 11.6 Å². The van der Waals surface area contributed by atoms with E-state index in [-0.39, 0.29) is 0 Å². The molecule has 1 rings (SSSR count). The Balaban J connectivity index is 2.55. The van der Waals surface area contributed by atoms with E-state index < -0.39 is 0 Å². The van der Waals surface area contributed by atoms with Crippen LogP contribution in [0.5, 0.6) is 5.75 Å². The first-order valence-electron chi connectivity index (χ1n) is 6.87. The van der Waals surface area contributed by atoms with Crippen molar-refractivity contribution in [2.24, 2.45) is 5.92 Å². The Bertz CT molecular complexity index is 350. The zero-order chi connectivity index (χ0) is 13.4. The molecule has 0 heterocycles. The maximum atomic E-state index is 6.18. The second kappa shape index (κ2) is 8.25. The smallest absolute Gasteiger partial charge is 0.138 e. The van der Waals surface area contributed by atoms with E-state index in [1.807, 2.05) is 18.2 Å². The first-order chi connectivity index (χ1) is 8.71. The molecule has 0 aliphatic heterocycles. The first kappa shape index (κ1) is 15.2. The molecule has 0 unspecified atom stereocenters. The van der Waals surface area contributed by atoms with Gasteiger partial charge in [0.1, 0.15) is 5.75 Å². The second-order valence-corrected chi connectivity index (χ2v) is 4.96. The zero-order valence-electron chi connectivity index (χ0n) is 11.6. The normalized spacial score (nSPS) is 10.7. The number of benzene rings is 1. The highest BCUT2D eigenvalue weighted by Crippen LogP contribution is 2.28. The minimum absolute atomic E-state index is 0.679. The Morgan fingerprint density at radius 3 is 2.50 bits per heavy atom. The summed E-state index contributed by atoms with van der Waals surface area (Å²) in [4.78, 5) is 0. The van der Waals surface area contributed by atoms with E-state index in [1.54, 1.807) is 0 Å². The predicted molar refractivity (Wildman–Crippen MR) is 79.8 cm³/mol. The average molecular weight is 270 g/mol. The lowest BCUT2D eigenvalue weighted by molar-refractivity contribution is 0.317. The molecule has 0 radical (unpaired) electrons. The minimum Gasteiger partial charge on any atom is -0.492 e. The molecule has 0 atom stereocenters. The van der Waals surface area contributed by atoms with Crippen LogP contribution in [0.15, 0.2) is 18.2 Å². The third-order valence-electron chi connectivity index (χ3n) is 3.14. The third kappa shape index (κ3) is 4.77. The van der Waals surface area contributed by atoms with Gasteiger partial charge in [0.25, 0.3) is 0 Å². The number of anilines is 1. The quantitative estimate of drug-likeness (QED) is 0.719. The topological polar surface area (TPSA) is 21.3 Å². The Labute approximate surface area is 116 Å². The van der Waals surface area contributed by atoms with Gasteiger partial charge in [-0.3, -0.25) is 0 Å². The number of hydrogen-bond donors (Lipinski definition) is 1. The van der Waals surface area contributed by atoms with Crippen LogP contribution in [0.4, 0.5) is 5.69 Å². The third-order valence-corrected chi connectivity index (χ3v) is 3.44. The molecule has 18 heavy (non-hydrogen) atoms. The molecule has 3 heteroatoms. The summed E-state index contributed by atoms with van der Waals surface area (Å²) in [5, 5.41) is 4.11. The molecule has 1 N–H and O–H groups in total. The highest BCUT2D eigenvalue weighted by molar-refractivity contribution is 6.32. The summed E-state index contributed by atoms with van der Waals surface area (Å²) in [5.41, 5.74) is 1.07. The van der Waals surface area contributed by atoms with Gasteiger partial charge in [-0.15, -0.1) is 0 Å². The van der Waals surface area contributed by atoms with Crippen molar-refractivity contribution in [3.8, 4) is 5.75 Å². The zero-order valence-corrected chi connectivity index (χ0v) is 12.4. The fraction of sp³-hybridized carbons (Fsp3) is 0.600. The summed E-state index contributed by atoms with van der Waals surface area (Å²) < 4.78 is 5.55. The molecule has 0 saturated heterocycles. The van der Waals surface area contributed by atoms with Gasteiger partial charge in [-0.05, 0) is 30.5 Å². The van der Waals surface area contributed by atoms with E-state index in [4.69, 9.17) is 16.3 Å². The Morgan fingerprint density at radius 1 is 1.22 bits per heavy atom. The number of rotatable bonds is 8. The molecule has 0 aromatic heterocycles. The summed E-state index contributed by atoms with van der Waals surface area (Å²) in [6, 6.07) is 5.90. The maximum absolute atomic E-state index is 6.18. The highest BCUT2D eigenvalue weighted by Gasteiger charge is 2.05. The molecule has 1 aromatic carbocycles. The van der Waals surface area contributed by atoms with Crippen LogP contribution in [0.3, 0.4) is 0 Å². The summed E-state index contributed by atoms with van der Waals surface area (Å²) in [6.07, 6.45) is 3.40. The lowest BCUT2D eigenvalue weighted by Gasteiger charge is -2.15. The molecule has 0 aliphatic rings. The van der Waals surface area contributed by atoms with E-state index in [9.17, 15) is 0 Å². The number of halogens is 1. The molecular formula is C15H24ClNO. The van der Waals surface area contributed by atoms with E-state index in [0.717, 1.165) is 30.3 Å². The van der Waals surface area contributed by atoms with Gasteiger partial charge < -0.3 is 10.1 Å². The molecule has 0 aliphatic carbocycles. The molecule has 2 nitrogen and oxygen atoms in total. The van der Waals surface area contributed by atoms with Crippen molar-refractivity contribution in [3.63, 3.8) is 0 Å². The highest BCUT2D eigenvalue weighted by atomic mass is 35.5. The summed E-state index contributed by atoms with van der Waals surface area (Å²) in [5.74, 6) is 1.49. The van der Waals surface area contributed by atoms with Crippen LogP contribution in [0.2, 0.25) is 5.02 Å². The van der Waals surface area contributed by atoms with Crippen molar-refractivity contribution >= 4 is 17.3 Å². The van der Waals surface area contributed by atoms with Crippen molar-refractivity contribution in [3.05, 3.63) is 23.2 Å². The van der Waals surface area contributed by atoms with Gasteiger partial charge in [-0.25, -0.2) is 0 Å². The minimum atomic E-state index is 0.679. The molecule has 1 aromatic rings. The molecule has 102 valence electrons. The predicted octanol–water partition coefficient (Wildman–Crippen LogP) is 4.98. The van der Waals surface area contributed by atoms with Crippen molar-refractivity contribution in [2.75, 3.05) is 18.5 Å². The largest absolute Gasteiger partial charge is 0.492 e. The van der Waals surface area contributed by atoms with Crippen molar-refractivity contribution in [2.45, 2.75) is 40.0 Å². The van der Waals surface area contributed by atoms with Gasteiger partial charge in [0.05, 0.1) is 11.6 Å². The monoisotopic (exact) mass is 269 g/mol. The van der Waals surface area contributed by atoms with Crippen LogP contribution in [-0.4, -0.2) is 13.2 Å². The van der Waals surface area contributed by atoms with Gasteiger partial charge >= 0.3 is 0 Å². The fourth-order valence-corrected chi connectivity index (χ4v) is 2.01. The fourth-order valence-electron chi connectivity index (χ4n) is 1.78. The molecular weight excluding hydrogens is 246 g/mol. The lowest BCUT2D eigenvalue weighted by atomic mass is 10.0. The molecule has 0 bridgehead atoms. The Morgan fingerprint density at radius 2 is 1.94 bits per heavy atom. The van der Waals surface area contributed by atoms with E-state index in [2.05, 4.69) is 26.1 Å². The average Bonchev–Trinajstić information content (AvgIpc) is 2.39. The number of nitrogens with one attached hydrogen (secondary N) is 1. The van der Waals surface area contributed by atoms with Crippen LogP contribution in [0.1, 0.15) is 40.0 Å². The van der Waals surface area contributed by atoms with E-state index in [1.165, 1.54) is 12.8 Å². The van der Waals surface area contributed by atoms with Gasteiger partial charge in [0, 0.05) is 12.2 Å². The van der Waals surface area contributed by atoms with Gasteiger partial charge in [0.15, 0.2) is 0 Å². The summed E-state index contributed by atoms with van der Waals surface area (Å²) >= 11 is 6.18. The number of hydrogen-bond acceptors (Lipinski definition) is 2. The van der Waals surface area contributed by atoms with Crippen LogP contribution < -0.4 is 10.1 Å². The first-order valence-corrected chi connectivity index (χ1v) is 7.25. The van der Waals surface area contributed by atoms with Crippen LogP contribution >= 0.6 is 11.6 Å².